The van der Waals surface area contributed by atoms with Gasteiger partial charge in [-0.3, -0.25) is 0 Å². The molecule has 0 bridgehead atoms. The lowest BCUT2D eigenvalue weighted by Gasteiger charge is -2.34. The Labute approximate surface area is 183 Å². The minimum Gasteiger partial charge on any atom is -0.376 e. The van der Waals surface area contributed by atoms with Gasteiger partial charge in [0.05, 0.1) is 37.3 Å². The number of aromatic amines is 1. The molecule has 2 aliphatic rings. The molecule has 1 saturated carbocycles. The average Bonchev–Trinajstić information content (AvgIpc) is 3.40. The van der Waals surface area contributed by atoms with Crippen molar-refractivity contribution in [3.63, 3.8) is 0 Å². The number of aromatic nitrogens is 2. The number of nitrogens with one attached hydrogen (secondary N) is 1. The normalized spacial score (nSPS) is 21.0. The van der Waals surface area contributed by atoms with Crippen LogP contribution in [-0.2, 0) is 27.8 Å². The first-order chi connectivity index (χ1) is 15.2. The van der Waals surface area contributed by atoms with E-state index < -0.39 is 40.5 Å². The van der Waals surface area contributed by atoms with Crippen LogP contribution in [0, 0.1) is 5.82 Å². The highest BCUT2D eigenvalue weighted by Gasteiger charge is 2.51. The number of sulfonamides is 1. The molecular weight excluding hydrogens is 452 g/mol. The first-order valence-electron chi connectivity index (χ1n) is 10.4. The quantitative estimate of drug-likeness (QED) is 0.646. The van der Waals surface area contributed by atoms with E-state index in [1.165, 1.54) is 12.4 Å². The summed E-state index contributed by atoms with van der Waals surface area (Å²) in [4.78, 5) is 8.60. The number of anilines is 1. The highest BCUT2D eigenvalue weighted by molar-refractivity contribution is 7.89. The number of imidazole rings is 1. The number of ether oxygens (including phenoxy) is 1. The van der Waals surface area contributed by atoms with Crippen molar-refractivity contribution in [1.82, 2.24) is 14.3 Å². The molecule has 0 radical (unpaired) electrons. The van der Waals surface area contributed by atoms with Crippen LogP contribution in [0.2, 0.25) is 0 Å². The van der Waals surface area contributed by atoms with Crippen molar-refractivity contribution in [2.75, 3.05) is 18.1 Å². The highest BCUT2D eigenvalue weighted by atomic mass is 32.2. The Morgan fingerprint density at radius 2 is 1.97 bits per heavy atom. The molecular formula is C20H24F4N4O3S. The fraction of sp³-hybridized carbons (Fsp3) is 0.550. The van der Waals surface area contributed by atoms with Gasteiger partial charge in [-0.2, -0.15) is 17.5 Å². The molecule has 1 aromatic carbocycles. The van der Waals surface area contributed by atoms with Crippen LogP contribution in [0.25, 0.3) is 0 Å². The van der Waals surface area contributed by atoms with Crippen molar-refractivity contribution >= 4 is 15.7 Å². The van der Waals surface area contributed by atoms with Crippen LogP contribution in [0.4, 0.5) is 23.2 Å². The zero-order valence-electron chi connectivity index (χ0n) is 17.2. The van der Waals surface area contributed by atoms with E-state index in [1.807, 2.05) is 0 Å². The summed E-state index contributed by atoms with van der Waals surface area (Å²) >= 11 is 0. The molecule has 32 heavy (non-hydrogen) atoms. The summed E-state index contributed by atoms with van der Waals surface area (Å²) in [5.41, 5.74) is -4.62. The molecule has 1 fully saturated rings. The van der Waals surface area contributed by atoms with Crippen LogP contribution in [0.15, 0.2) is 30.7 Å². The summed E-state index contributed by atoms with van der Waals surface area (Å²) < 4.78 is 85.9. The first kappa shape index (κ1) is 23.0. The Morgan fingerprint density at radius 3 is 2.62 bits per heavy atom. The zero-order valence-corrected chi connectivity index (χ0v) is 18.0. The van der Waals surface area contributed by atoms with Crippen LogP contribution in [0.1, 0.15) is 36.9 Å². The second kappa shape index (κ2) is 8.99. The van der Waals surface area contributed by atoms with Gasteiger partial charge in [0, 0.05) is 30.5 Å². The summed E-state index contributed by atoms with van der Waals surface area (Å²) in [6.07, 6.45) is 6.72. The van der Waals surface area contributed by atoms with Gasteiger partial charge < -0.3 is 14.6 Å². The third-order valence-corrected chi connectivity index (χ3v) is 7.49. The molecule has 1 aliphatic heterocycles. The van der Waals surface area contributed by atoms with Crippen LogP contribution >= 0.6 is 0 Å². The number of nitrogens with zero attached hydrogens (tertiary/aromatic N) is 3. The van der Waals surface area contributed by atoms with Gasteiger partial charge in [-0.05, 0) is 25.0 Å². The van der Waals surface area contributed by atoms with Crippen molar-refractivity contribution in [1.29, 1.82) is 0 Å². The Kier molecular flexibility index (Phi) is 6.46. The van der Waals surface area contributed by atoms with Gasteiger partial charge >= 0.3 is 15.5 Å². The maximum atomic E-state index is 14.7. The van der Waals surface area contributed by atoms with Gasteiger partial charge in [0.15, 0.2) is 0 Å². The van der Waals surface area contributed by atoms with Crippen LogP contribution in [-0.4, -0.2) is 53.5 Å². The van der Waals surface area contributed by atoms with Crippen molar-refractivity contribution in [2.24, 2.45) is 0 Å². The fourth-order valence-corrected chi connectivity index (χ4v) is 5.25. The molecule has 0 saturated heterocycles. The Balaban J connectivity index is 1.74. The van der Waals surface area contributed by atoms with E-state index in [-0.39, 0.29) is 24.8 Å². The molecule has 0 unspecified atom stereocenters. The van der Waals surface area contributed by atoms with E-state index in [2.05, 4.69) is 9.97 Å². The number of benzene rings is 1. The van der Waals surface area contributed by atoms with E-state index in [0.717, 1.165) is 31.7 Å². The maximum Gasteiger partial charge on any atom is 0.511 e. The standard InChI is InChI=1S/C20H24F4N4O3S/c21-18-6-3-7-19-17(18)11-27(32(29,30)20(22,23)24)10-15(12-31-16-4-1-2-5-16)28(19)9-14-8-25-13-26-14/h3,6-8,13,15-16H,1-2,4-5,9-12H2,(H,25,26)/t15-/m0/s1. The Bertz CT molecular complexity index is 1020. The second-order valence-corrected chi connectivity index (χ2v) is 10.0. The van der Waals surface area contributed by atoms with Gasteiger partial charge in [-0.25, -0.2) is 17.8 Å². The SMILES string of the molecule is O=S(=O)(N1Cc2c(F)cccc2N(Cc2cnc[nH]2)[C@H](COC2CCCC2)C1)C(F)(F)F. The van der Waals surface area contributed by atoms with Crippen LogP contribution in [0.5, 0.6) is 0 Å². The molecule has 2 heterocycles. The largest absolute Gasteiger partial charge is 0.511 e. The minimum absolute atomic E-state index is 0.0125. The van der Waals surface area contributed by atoms with E-state index >= 15 is 0 Å². The molecule has 2 aromatic rings. The molecule has 1 N–H and O–H groups in total. The number of hydrogen-bond acceptors (Lipinski definition) is 5. The third-order valence-electron chi connectivity index (χ3n) is 5.95. The second-order valence-electron chi connectivity index (χ2n) is 8.08. The summed E-state index contributed by atoms with van der Waals surface area (Å²) in [5, 5.41) is 0. The number of hydrogen-bond donors (Lipinski definition) is 1. The lowest BCUT2D eigenvalue weighted by Crippen LogP contribution is -2.49. The summed E-state index contributed by atoms with van der Waals surface area (Å²) in [6, 6.07) is 3.39. The molecule has 0 spiro atoms. The number of halogens is 4. The molecule has 12 heteroatoms. The zero-order chi connectivity index (χ0) is 22.9. The number of fused-ring (bicyclic) bond motifs is 1. The van der Waals surface area contributed by atoms with Crippen molar-refractivity contribution in [2.45, 2.75) is 56.4 Å². The van der Waals surface area contributed by atoms with Gasteiger partial charge in [0.25, 0.3) is 0 Å². The predicted octanol–water partition coefficient (Wildman–Crippen LogP) is 3.55. The molecule has 0 amide bonds. The fourth-order valence-electron chi connectivity index (χ4n) is 4.29. The predicted molar refractivity (Wildman–Crippen MR) is 109 cm³/mol. The first-order valence-corrected chi connectivity index (χ1v) is 11.8. The number of rotatable bonds is 6. The summed E-state index contributed by atoms with van der Waals surface area (Å²) in [5.74, 6) is -0.767. The topological polar surface area (TPSA) is 78.5 Å². The van der Waals surface area contributed by atoms with Gasteiger partial charge in [0.2, 0.25) is 0 Å². The minimum atomic E-state index is -5.67. The lowest BCUT2D eigenvalue weighted by atomic mass is 10.1. The number of alkyl halides is 3. The molecule has 4 rings (SSSR count). The van der Waals surface area contributed by atoms with Crippen molar-refractivity contribution < 1.29 is 30.7 Å². The van der Waals surface area contributed by atoms with Crippen molar-refractivity contribution in [3.05, 3.63) is 47.8 Å². The number of H-pyrrole nitrogens is 1. The van der Waals surface area contributed by atoms with E-state index in [9.17, 15) is 26.0 Å². The van der Waals surface area contributed by atoms with Gasteiger partial charge in [-0.15, -0.1) is 0 Å². The van der Waals surface area contributed by atoms with Gasteiger partial charge in [-0.1, -0.05) is 18.9 Å². The molecule has 1 atom stereocenters. The molecule has 176 valence electrons. The molecule has 7 nitrogen and oxygen atoms in total. The maximum absolute atomic E-state index is 14.7. The Morgan fingerprint density at radius 1 is 1.22 bits per heavy atom. The smallest absolute Gasteiger partial charge is 0.376 e. The monoisotopic (exact) mass is 476 g/mol. The molecule has 1 aromatic heterocycles. The summed E-state index contributed by atoms with van der Waals surface area (Å²) in [6.45, 7) is -1.02. The van der Waals surface area contributed by atoms with Crippen LogP contribution in [0.3, 0.4) is 0 Å². The highest BCUT2D eigenvalue weighted by Crippen LogP contribution is 2.36. The van der Waals surface area contributed by atoms with E-state index in [1.54, 1.807) is 17.2 Å². The average molecular weight is 476 g/mol. The van der Waals surface area contributed by atoms with E-state index in [0.29, 0.717) is 15.7 Å². The molecule has 1 aliphatic carbocycles. The summed E-state index contributed by atoms with van der Waals surface area (Å²) in [7, 11) is -5.67. The lowest BCUT2D eigenvalue weighted by molar-refractivity contribution is -0.0496. The third kappa shape index (κ3) is 4.62. The van der Waals surface area contributed by atoms with Gasteiger partial charge in [0.1, 0.15) is 5.82 Å². The Hall–Kier alpha value is -2.18. The van der Waals surface area contributed by atoms with Crippen molar-refractivity contribution in [3.8, 4) is 0 Å². The van der Waals surface area contributed by atoms with Crippen LogP contribution < -0.4 is 4.90 Å². The van der Waals surface area contributed by atoms with E-state index in [4.69, 9.17) is 4.74 Å².